The largest absolute Gasteiger partial charge is 0.490 e. The molecule has 2 aliphatic rings. The van der Waals surface area contributed by atoms with Gasteiger partial charge in [-0.25, -0.2) is 9.59 Å². The van der Waals surface area contributed by atoms with Crippen LogP contribution in [0.15, 0.2) is 24.4 Å². The topological polar surface area (TPSA) is 112 Å². The van der Waals surface area contributed by atoms with Gasteiger partial charge in [0, 0.05) is 38.4 Å². The van der Waals surface area contributed by atoms with Crippen molar-refractivity contribution in [2.45, 2.75) is 63.3 Å². The number of nitrogens with zero attached hydrogens (tertiary/aromatic N) is 3. The van der Waals surface area contributed by atoms with E-state index in [0.717, 1.165) is 51.3 Å². The number of pyridine rings is 1. The molecule has 1 aromatic rings. The number of hydrogen-bond donors (Lipinski definition) is 2. The highest BCUT2D eigenvalue weighted by molar-refractivity contribution is 5.73. The lowest BCUT2D eigenvalue weighted by atomic mass is 10.00. The van der Waals surface area contributed by atoms with Gasteiger partial charge in [0.25, 0.3) is 0 Å². The van der Waals surface area contributed by atoms with Gasteiger partial charge in [0.05, 0.1) is 25.0 Å². The second kappa shape index (κ2) is 14.6. The van der Waals surface area contributed by atoms with E-state index >= 15 is 0 Å². The van der Waals surface area contributed by atoms with Gasteiger partial charge in [-0.3, -0.25) is 9.88 Å². The predicted octanol–water partition coefficient (Wildman–Crippen LogP) is 3.44. The van der Waals surface area contributed by atoms with Crippen LogP contribution in [0.4, 0.5) is 26.3 Å². The Bertz CT molecular complexity index is 847. The van der Waals surface area contributed by atoms with E-state index in [1.165, 1.54) is 0 Å². The number of halogens is 6. The normalized spacial score (nSPS) is 22.3. The third-order valence-electron chi connectivity index (χ3n) is 5.74. The van der Waals surface area contributed by atoms with Crippen LogP contribution < -0.4 is 0 Å². The number of aromatic nitrogens is 1. The van der Waals surface area contributed by atoms with E-state index in [2.05, 4.69) is 47.8 Å². The first-order valence-electron chi connectivity index (χ1n) is 11.6. The maximum Gasteiger partial charge on any atom is 0.490 e. The van der Waals surface area contributed by atoms with Crippen LogP contribution in [0.2, 0.25) is 0 Å². The van der Waals surface area contributed by atoms with Gasteiger partial charge in [0.2, 0.25) is 0 Å². The van der Waals surface area contributed by atoms with Crippen molar-refractivity contribution < 1.29 is 55.6 Å². The summed E-state index contributed by atoms with van der Waals surface area (Å²) >= 11 is 0. The number of carboxylic acid groups (broad SMARTS) is 2. The monoisotopic (exact) mass is 561 g/mol. The lowest BCUT2D eigenvalue weighted by molar-refractivity contribution is -0.193. The second-order valence-electron chi connectivity index (χ2n) is 9.19. The van der Waals surface area contributed by atoms with Crippen LogP contribution in [0, 0.1) is 0 Å². The van der Waals surface area contributed by atoms with Crippen LogP contribution in [-0.4, -0.2) is 107 Å². The summed E-state index contributed by atoms with van der Waals surface area (Å²) < 4.78 is 75.9. The van der Waals surface area contributed by atoms with Gasteiger partial charge in [-0.2, -0.15) is 26.3 Å². The molecule has 0 aliphatic carbocycles. The maximum absolute atomic E-state index is 10.6. The number of likely N-dealkylation sites (N-methyl/N-ethyl adjacent to an activating group) is 1. The zero-order chi connectivity index (χ0) is 29.1. The summed E-state index contributed by atoms with van der Waals surface area (Å²) in [6.07, 6.45) is -5.78. The van der Waals surface area contributed by atoms with Crippen LogP contribution >= 0.6 is 0 Å². The Morgan fingerprint density at radius 3 is 2.21 bits per heavy atom. The van der Waals surface area contributed by atoms with E-state index in [-0.39, 0.29) is 5.60 Å². The zero-order valence-corrected chi connectivity index (χ0v) is 21.3. The van der Waals surface area contributed by atoms with Crippen LogP contribution in [0.3, 0.4) is 0 Å². The molecule has 2 unspecified atom stereocenters. The molecule has 3 heterocycles. The number of hydrogen-bond acceptors (Lipinski definition) is 7. The highest BCUT2D eigenvalue weighted by atomic mass is 19.4. The maximum atomic E-state index is 10.6. The molecule has 1 spiro atoms. The lowest BCUT2D eigenvalue weighted by Crippen LogP contribution is -2.45. The van der Waals surface area contributed by atoms with Gasteiger partial charge in [0.15, 0.2) is 0 Å². The number of carbonyl (C=O) groups is 2. The molecule has 2 atom stereocenters. The molecule has 2 saturated heterocycles. The molecule has 0 radical (unpaired) electrons. The minimum atomic E-state index is -5.08. The first-order chi connectivity index (χ1) is 17.4. The quantitative estimate of drug-likeness (QED) is 0.522. The van der Waals surface area contributed by atoms with E-state index in [0.29, 0.717) is 18.8 Å². The molecule has 2 aliphatic heterocycles. The summed E-state index contributed by atoms with van der Waals surface area (Å²) in [5.41, 5.74) is 0.969. The van der Waals surface area contributed by atoms with Crippen molar-refractivity contribution in [3.63, 3.8) is 0 Å². The van der Waals surface area contributed by atoms with Crippen molar-refractivity contribution in [3.8, 4) is 0 Å². The average Bonchev–Trinajstić information content (AvgIpc) is 3.07. The smallest absolute Gasteiger partial charge is 0.475 e. The van der Waals surface area contributed by atoms with Gasteiger partial charge >= 0.3 is 24.3 Å². The number of alkyl halides is 6. The molecule has 2 fully saturated rings. The van der Waals surface area contributed by atoms with Gasteiger partial charge < -0.3 is 24.6 Å². The molecule has 2 N–H and O–H groups in total. The standard InChI is InChI=1S/C19H31N3O2.2C2HF3O2/c1-16(2)21(3)13-18-7-8-19(24-18)14-22(10-11-23-15-19)12-17-6-4-5-9-20-17;2*3-2(4,5)1(6)7/h4-6,9,16,18H,7-8,10-15H2,1-3H3;2*(H,6,7). The van der Waals surface area contributed by atoms with E-state index in [9.17, 15) is 26.3 Å². The molecule has 0 bridgehead atoms. The molecule has 0 aromatic carbocycles. The Hall–Kier alpha value is -2.49. The molecule has 218 valence electrons. The van der Waals surface area contributed by atoms with Gasteiger partial charge in [-0.05, 0) is 45.9 Å². The fourth-order valence-electron chi connectivity index (χ4n) is 3.62. The average molecular weight is 562 g/mol. The van der Waals surface area contributed by atoms with Crippen LogP contribution in [0.5, 0.6) is 0 Å². The molecular formula is C23H33F6N3O6. The Morgan fingerprint density at radius 1 is 1.16 bits per heavy atom. The Morgan fingerprint density at radius 2 is 1.74 bits per heavy atom. The minimum absolute atomic E-state index is 0.145. The lowest BCUT2D eigenvalue weighted by Gasteiger charge is -2.33. The molecule has 38 heavy (non-hydrogen) atoms. The Kier molecular flexibility index (Phi) is 12.9. The SMILES string of the molecule is CC(C)N(C)CC1CCC2(COCCN(Cc3ccccn3)C2)O1.O=C(O)C(F)(F)F.O=C(O)C(F)(F)F. The predicted molar refractivity (Wildman–Crippen MR) is 122 cm³/mol. The first kappa shape index (κ1) is 33.5. The van der Waals surface area contributed by atoms with E-state index in [1.54, 1.807) is 0 Å². The fourth-order valence-corrected chi connectivity index (χ4v) is 3.62. The third kappa shape index (κ3) is 12.4. The zero-order valence-electron chi connectivity index (χ0n) is 21.3. The van der Waals surface area contributed by atoms with Crippen LogP contribution in [-0.2, 0) is 25.6 Å². The fraction of sp³-hybridized carbons (Fsp3) is 0.696. The van der Waals surface area contributed by atoms with Crippen molar-refractivity contribution in [1.29, 1.82) is 0 Å². The van der Waals surface area contributed by atoms with E-state index in [1.807, 2.05) is 12.3 Å². The third-order valence-corrected chi connectivity index (χ3v) is 5.74. The second-order valence-corrected chi connectivity index (χ2v) is 9.19. The number of carboxylic acids is 2. The highest BCUT2D eigenvalue weighted by Crippen LogP contribution is 2.33. The number of aliphatic carboxylic acids is 2. The molecule has 1 aromatic heterocycles. The number of rotatable bonds is 5. The van der Waals surface area contributed by atoms with Crippen molar-refractivity contribution in [2.75, 3.05) is 39.9 Å². The molecule has 3 rings (SSSR count). The summed E-state index contributed by atoms with van der Waals surface area (Å²) in [5, 5.41) is 14.2. The molecule has 0 saturated carbocycles. The molecular weight excluding hydrogens is 528 g/mol. The van der Waals surface area contributed by atoms with Crippen LogP contribution in [0.25, 0.3) is 0 Å². The van der Waals surface area contributed by atoms with E-state index in [4.69, 9.17) is 29.3 Å². The van der Waals surface area contributed by atoms with Crippen molar-refractivity contribution in [2.24, 2.45) is 0 Å². The van der Waals surface area contributed by atoms with Gasteiger partial charge in [-0.1, -0.05) is 6.07 Å². The first-order valence-corrected chi connectivity index (χ1v) is 11.6. The molecule has 9 nitrogen and oxygen atoms in total. The Balaban J connectivity index is 0.000000426. The van der Waals surface area contributed by atoms with Gasteiger partial charge in [-0.15, -0.1) is 0 Å². The van der Waals surface area contributed by atoms with Crippen molar-refractivity contribution in [1.82, 2.24) is 14.8 Å². The summed E-state index contributed by atoms with van der Waals surface area (Å²) in [6, 6.07) is 6.66. The highest BCUT2D eigenvalue weighted by Gasteiger charge is 2.43. The van der Waals surface area contributed by atoms with Gasteiger partial charge in [0.1, 0.15) is 5.60 Å². The Labute approximate surface area is 216 Å². The summed E-state index contributed by atoms with van der Waals surface area (Å²) in [6.45, 7) is 9.69. The summed E-state index contributed by atoms with van der Waals surface area (Å²) in [5.74, 6) is -5.51. The van der Waals surface area contributed by atoms with Crippen LogP contribution in [0.1, 0.15) is 32.4 Å². The number of ether oxygens (including phenoxy) is 2. The summed E-state index contributed by atoms with van der Waals surface area (Å²) in [4.78, 5) is 27.1. The molecule has 15 heteroatoms. The molecule has 0 amide bonds. The summed E-state index contributed by atoms with van der Waals surface area (Å²) in [7, 11) is 2.18. The van der Waals surface area contributed by atoms with Crippen molar-refractivity contribution in [3.05, 3.63) is 30.1 Å². The van der Waals surface area contributed by atoms with E-state index < -0.39 is 24.3 Å². The van der Waals surface area contributed by atoms with Crippen molar-refractivity contribution >= 4 is 11.9 Å². The minimum Gasteiger partial charge on any atom is -0.475 e.